The van der Waals surface area contributed by atoms with Gasteiger partial charge in [-0.1, -0.05) is 25.3 Å². The van der Waals surface area contributed by atoms with Crippen molar-refractivity contribution in [2.75, 3.05) is 0 Å². The van der Waals surface area contributed by atoms with Crippen molar-refractivity contribution < 1.29 is 13.6 Å². The van der Waals surface area contributed by atoms with Crippen LogP contribution in [0.2, 0.25) is 0 Å². The third-order valence-corrected chi connectivity index (χ3v) is 5.93. The molecule has 2 aromatic rings. The Labute approximate surface area is 163 Å². The molecule has 2 aliphatic rings. The van der Waals surface area contributed by atoms with Gasteiger partial charge in [0.1, 0.15) is 12.5 Å². The van der Waals surface area contributed by atoms with Gasteiger partial charge < -0.3 is 10.2 Å². The van der Waals surface area contributed by atoms with Gasteiger partial charge in [-0.3, -0.25) is 4.68 Å². The van der Waals surface area contributed by atoms with Crippen LogP contribution in [0.5, 0.6) is 0 Å². The van der Waals surface area contributed by atoms with E-state index in [1.165, 1.54) is 18.6 Å². The molecule has 2 amide bonds. The van der Waals surface area contributed by atoms with Crippen molar-refractivity contribution in [3.8, 4) is 11.1 Å². The van der Waals surface area contributed by atoms with E-state index in [1.54, 1.807) is 12.3 Å². The van der Waals surface area contributed by atoms with Crippen molar-refractivity contribution in [2.45, 2.75) is 70.9 Å². The molecule has 0 saturated heterocycles. The van der Waals surface area contributed by atoms with E-state index >= 15 is 0 Å². The largest absolute Gasteiger partial charge is 0.335 e. The Morgan fingerprint density at radius 2 is 2.04 bits per heavy atom. The second-order valence-corrected chi connectivity index (χ2v) is 7.88. The van der Waals surface area contributed by atoms with E-state index in [2.05, 4.69) is 10.4 Å². The lowest BCUT2D eigenvalue weighted by atomic mass is 9.95. The minimum atomic E-state index is -0.750. The molecule has 1 atom stereocenters. The number of rotatable bonds is 3. The standard InChI is InChI=1S/C21H26F2N4O/c1-14-12-27-20(13-26(14)21(28)25-17-5-3-2-4-6-17)19(11-24-27)18-8-7-16(23)9-15(18)10-22/h7-9,11,14,17H,2-6,10,12-13H2,1H3,(H,25,28). The Hall–Kier alpha value is -2.44. The summed E-state index contributed by atoms with van der Waals surface area (Å²) in [5.41, 5.74) is 2.55. The molecule has 150 valence electrons. The van der Waals surface area contributed by atoms with E-state index in [0.717, 1.165) is 36.9 Å². The minimum absolute atomic E-state index is 0.0118. The second-order valence-electron chi connectivity index (χ2n) is 7.88. The number of fused-ring (bicyclic) bond motifs is 1. The van der Waals surface area contributed by atoms with Crippen molar-refractivity contribution in [1.29, 1.82) is 0 Å². The van der Waals surface area contributed by atoms with E-state index in [0.29, 0.717) is 24.2 Å². The van der Waals surface area contributed by atoms with Crippen LogP contribution in [0.1, 0.15) is 50.3 Å². The number of halogens is 2. The molecule has 7 heteroatoms. The second kappa shape index (κ2) is 7.89. The molecule has 1 aromatic carbocycles. The summed E-state index contributed by atoms with van der Waals surface area (Å²) in [5.74, 6) is -0.459. The number of alkyl halides is 1. The van der Waals surface area contributed by atoms with Gasteiger partial charge in [-0.2, -0.15) is 5.10 Å². The molecule has 0 spiro atoms. The predicted octanol–water partition coefficient (Wildman–Crippen LogP) is 4.41. The van der Waals surface area contributed by atoms with Crippen LogP contribution in [0.25, 0.3) is 11.1 Å². The summed E-state index contributed by atoms with van der Waals surface area (Å²) in [4.78, 5) is 14.7. The molecule has 0 bridgehead atoms. The maximum Gasteiger partial charge on any atom is 0.318 e. The summed E-state index contributed by atoms with van der Waals surface area (Å²) in [7, 11) is 0. The quantitative estimate of drug-likeness (QED) is 0.847. The SMILES string of the molecule is CC1Cn2ncc(-c3ccc(F)cc3CF)c2CN1C(=O)NC1CCCCC1. The van der Waals surface area contributed by atoms with Crippen molar-refractivity contribution in [2.24, 2.45) is 0 Å². The van der Waals surface area contributed by atoms with Crippen LogP contribution in [-0.2, 0) is 19.8 Å². The van der Waals surface area contributed by atoms with Crippen molar-refractivity contribution in [3.63, 3.8) is 0 Å². The number of amides is 2. The molecule has 2 heterocycles. The molecule has 1 aromatic heterocycles. The van der Waals surface area contributed by atoms with E-state index in [-0.39, 0.29) is 18.1 Å². The molecule has 1 aliphatic heterocycles. The molecule has 4 rings (SSSR count). The van der Waals surface area contributed by atoms with Crippen LogP contribution in [-0.4, -0.2) is 32.8 Å². The zero-order valence-corrected chi connectivity index (χ0v) is 16.1. The lowest BCUT2D eigenvalue weighted by molar-refractivity contribution is 0.144. The summed E-state index contributed by atoms with van der Waals surface area (Å²) in [5, 5.41) is 7.61. The van der Waals surface area contributed by atoms with Crippen molar-refractivity contribution in [1.82, 2.24) is 20.0 Å². The highest BCUT2D eigenvalue weighted by Crippen LogP contribution is 2.32. The van der Waals surface area contributed by atoms with Crippen LogP contribution in [0.3, 0.4) is 0 Å². The first kappa shape index (κ1) is 18.9. The number of hydrogen-bond donors (Lipinski definition) is 1. The number of carbonyl (C=O) groups excluding carboxylic acids is 1. The molecule has 28 heavy (non-hydrogen) atoms. The summed E-state index contributed by atoms with van der Waals surface area (Å²) in [6.07, 6.45) is 7.32. The van der Waals surface area contributed by atoms with E-state index in [9.17, 15) is 13.6 Å². The van der Waals surface area contributed by atoms with Crippen LogP contribution in [0, 0.1) is 5.82 Å². The highest BCUT2D eigenvalue weighted by Gasteiger charge is 2.31. The van der Waals surface area contributed by atoms with Crippen molar-refractivity contribution >= 4 is 6.03 Å². The number of nitrogens with one attached hydrogen (secondary N) is 1. The first-order valence-corrected chi connectivity index (χ1v) is 10.0. The monoisotopic (exact) mass is 388 g/mol. The van der Waals surface area contributed by atoms with E-state index in [1.807, 2.05) is 16.5 Å². The van der Waals surface area contributed by atoms with E-state index < -0.39 is 12.5 Å². The molecule has 1 fully saturated rings. The Balaban J connectivity index is 1.58. The Kier molecular flexibility index (Phi) is 5.33. The molecule has 1 unspecified atom stereocenters. The molecule has 1 N–H and O–H groups in total. The van der Waals surface area contributed by atoms with Crippen LogP contribution in [0.4, 0.5) is 13.6 Å². The number of urea groups is 1. The average molecular weight is 388 g/mol. The average Bonchev–Trinajstić information content (AvgIpc) is 3.10. The predicted molar refractivity (Wildman–Crippen MR) is 103 cm³/mol. The van der Waals surface area contributed by atoms with Gasteiger partial charge in [0.25, 0.3) is 0 Å². The molecule has 1 saturated carbocycles. The molecular formula is C21H26F2N4O. The molecule has 0 radical (unpaired) electrons. The van der Waals surface area contributed by atoms with Crippen molar-refractivity contribution in [3.05, 3.63) is 41.5 Å². The number of hydrogen-bond acceptors (Lipinski definition) is 2. The van der Waals surface area contributed by atoms with Gasteiger partial charge in [0, 0.05) is 11.6 Å². The summed E-state index contributed by atoms with van der Waals surface area (Å²) < 4.78 is 28.8. The number of aromatic nitrogens is 2. The fraction of sp³-hybridized carbons (Fsp3) is 0.524. The molecular weight excluding hydrogens is 362 g/mol. The molecule has 1 aliphatic carbocycles. The van der Waals surface area contributed by atoms with Crippen LogP contribution in [0.15, 0.2) is 24.4 Å². The van der Waals surface area contributed by atoms with Gasteiger partial charge in [0.05, 0.1) is 31.0 Å². The first-order valence-electron chi connectivity index (χ1n) is 10.0. The minimum Gasteiger partial charge on any atom is -0.335 e. The number of nitrogens with zero attached hydrogens (tertiary/aromatic N) is 3. The summed E-state index contributed by atoms with van der Waals surface area (Å²) in [6.45, 7) is 2.24. The topological polar surface area (TPSA) is 50.2 Å². The maximum atomic E-state index is 13.5. The van der Waals surface area contributed by atoms with E-state index in [4.69, 9.17) is 0 Å². The van der Waals surface area contributed by atoms with Gasteiger partial charge in [-0.15, -0.1) is 0 Å². The maximum absolute atomic E-state index is 13.5. The summed E-state index contributed by atoms with van der Waals surface area (Å²) in [6, 6.07) is 4.35. The van der Waals surface area contributed by atoms with Gasteiger partial charge in [-0.25, -0.2) is 13.6 Å². The Morgan fingerprint density at radius 1 is 1.25 bits per heavy atom. The lowest BCUT2D eigenvalue weighted by Crippen LogP contribution is -2.52. The smallest absolute Gasteiger partial charge is 0.318 e. The first-order chi connectivity index (χ1) is 13.6. The fourth-order valence-corrected chi connectivity index (χ4v) is 4.34. The van der Waals surface area contributed by atoms with Crippen LogP contribution >= 0.6 is 0 Å². The zero-order valence-electron chi connectivity index (χ0n) is 16.1. The zero-order chi connectivity index (χ0) is 19.7. The highest BCUT2D eigenvalue weighted by atomic mass is 19.1. The van der Waals surface area contributed by atoms with Gasteiger partial charge in [-0.05, 0) is 43.0 Å². The number of carbonyl (C=O) groups is 1. The third-order valence-electron chi connectivity index (χ3n) is 5.93. The van der Waals surface area contributed by atoms with Crippen LogP contribution < -0.4 is 5.32 Å². The summed E-state index contributed by atoms with van der Waals surface area (Å²) >= 11 is 0. The Morgan fingerprint density at radius 3 is 2.79 bits per heavy atom. The van der Waals surface area contributed by atoms with Gasteiger partial charge in [0.2, 0.25) is 0 Å². The normalized spacial score (nSPS) is 20.1. The highest BCUT2D eigenvalue weighted by molar-refractivity contribution is 5.76. The lowest BCUT2D eigenvalue weighted by Gasteiger charge is -2.36. The van der Waals surface area contributed by atoms with Gasteiger partial charge >= 0.3 is 6.03 Å². The van der Waals surface area contributed by atoms with Gasteiger partial charge in [0.15, 0.2) is 0 Å². The third kappa shape index (κ3) is 3.62. The Bertz CT molecular complexity index is 860. The fourth-order valence-electron chi connectivity index (χ4n) is 4.34. The molecule has 5 nitrogen and oxygen atoms in total. The number of benzene rings is 1.